The summed E-state index contributed by atoms with van der Waals surface area (Å²) in [6.07, 6.45) is 6.35. The quantitative estimate of drug-likeness (QED) is 0.543. The van der Waals surface area contributed by atoms with Gasteiger partial charge >= 0.3 is 0 Å². The number of rotatable bonds is 7. The molecule has 2 saturated heterocycles. The molecule has 0 aromatic heterocycles. The highest BCUT2D eigenvalue weighted by atomic mass is 35.5. The molecule has 2 aliphatic heterocycles. The lowest BCUT2D eigenvalue weighted by atomic mass is 9.86. The van der Waals surface area contributed by atoms with Crippen molar-refractivity contribution in [3.05, 3.63) is 64.2 Å². The fourth-order valence-corrected chi connectivity index (χ4v) is 7.55. The van der Waals surface area contributed by atoms with Crippen LogP contribution in [0.25, 0.3) is 0 Å². The molecule has 0 saturated carbocycles. The first-order valence-electron chi connectivity index (χ1n) is 13.5. The van der Waals surface area contributed by atoms with Crippen molar-refractivity contribution in [3.63, 3.8) is 0 Å². The van der Waals surface area contributed by atoms with E-state index in [4.69, 9.17) is 11.6 Å². The number of nitrogens with one attached hydrogen (secondary N) is 2. The number of carbonyl (C=O) groups excluding carboxylic acids is 2. The normalized spacial score (nSPS) is 22.9. The maximum absolute atomic E-state index is 13.3. The summed E-state index contributed by atoms with van der Waals surface area (Å²) in [5.41, 5.74) is 3.68. The number of fused-ring (bicyclic) bond motifs is 1. The smallest absolute Gasteiger partial charge is 0.243 e. The number of benzene rings is 2. The number of sulfonamides is 1. The number of likely N-dealkylation sites (tertiary alicyclic amines) is 1. The molecule has 2 heterocycles. The summed E-state index contributed by atoms with van der Waals surface area (Å²) < 4.78 is 27.8. The zero-order valence-electron chi connectivity index (χ0n) is 21.5. The fraction of sp³-hybridized carbons (Fsp3) is 0.500. The minimum absolute atomic E-state index is 0.0450. The molecule has 204 valence electrons. The van der Waals surface area contributed by atoms with Crippen molar-refractivity contribution in [2.45, 2.75) is 68.5 Å². The van der Waals surface area contributed by atoms with E-state index in [9.17, 15) is 18.0 Å². The number of halogens is 1. The van der Waals surface area contributed by atoms with E-state index in [0.717, 1.165) is 48.8 Å². The molecule has 10 heteroatoms. The van der Waals surface area contributed by atoms with Gasteiger partial charge in [0.05, 0.1) is 17.4 Å². The molecule has 38 heavy (non-hydrogen) atoms. The summed E-state index contributed by atoms with van der Waals surface area (Å²) in [5.74, 6) is -0.797. The number of piperidine rings is 1. The van der Waals surface area contributed by atoms with Crippen LogP contribution in [0.4, 0.5) is 0 Å². The van der Waals surface area contributed by atoms with Gasteiger partial charge in [0.1, 0.15) is 6.04 Å². The Balaban J connectivity index is 1.27. The van der Waals surface area contributed by atoms with Crippen LogP contribution in [0.3, 0.4) is 0 Å². The van der Waals surface area contributed by atoms with Crippen LogP contribution in [0.1, 0.15) is 61.3 Å². The lowest BCUT2D eigenvalue weighted by molar-refractivity contribution is -0.132. The van der Waals surface area contributed by atoms with Gasteiger partial charge in [-0.1, -0.05) is 36.2 Å². The van der Waals surface area contributed by atoms with Crippen molar-refractivity contribution in [1.29, 1.82) is 0 Å². The van der Waals surface area contributed by atoms with E-state index in [0.29, 0.717) is 5.02 Å². The monoisotopic (exact) mass is 558 g/mol. The summed E-state index contributed by atoms with van der Waals surface area (Å²) in [6, 6.07) is 11.1. The van der Waals surface area contributed by atoms with Gasteiger partial charge in [0, 0.05) is 24.7 Å². The second kappa shape index (κ2) is 11.7. The second-order valence-corrected chi connectivity index (χ2v) is 12.8. The molecule has 0 unspecified atom stereocenters. The lowest BCUT2D eigenvalue weighted by Gasteiger charge is -2.34. The number of amides is 2. The average molecular weight is 559 g/mol. The van der Waals surface area contributed by atoms with Crippen LogP contribution >= 0.6 is 11.6 Å². The molecule has 2 fully saturated rings. The molecular formula is C28H35ClN4O4S. The minimum Gasteiger partial charge on any atom is -0.353 e. The third-order valence-corrected chi connectivity index (χ3v) is 9.97. The highest BCUT2D eigenvalue weighted by molar-refractivity contribution is 7.89. The van der Waals surface area contributed by atoms with Crippen LogP contribution < -0.4 is 10.6 Å². The van der Waals surface area contributed by atoms with E-state index >= 15 is 0 Å². The standard InChI is InChI=1S/C28H35ClN4O4S/c29-22-8-10-23(11-9-22)38(36,37)33-16-13-30-28(35)26(33)18-27(34)31-25-6-4-5-21-17-20(7-12-24(21)25)19-32-14-2-1-3-15-32/h7-12,17,25-26H,1-6,13-16,18-19H2,(H,30,35)(H,31,34)/t25-,26-/m1/s1. The third-order valence-electron chi connectivity index (χ3n) is 7.79. The molecular weight excluding hydrogens is 524 g/mol. The number of nitrogens with zero attached hydrogens (tertiary/aromatic N) is 2. The van der Waals surface area contributed by atoms with E-state index in [-0.39, 0.29) is 36.4 Å². The first-order chi connectivity index (χ1) is 18.3. The topological polar surface area (TPSA) is 98.8 Å². The summed E-state index contributed by atoms with van der Waals surface area (Å²) in [7, 11) is -3.98. The maximum Gasteiger partial charge on any atom is 0.243 e. The number of aryl methyl sites for hydroxylation is 1. The highest BCUT2D eigenvalue weighted by Crippen LogP contribution is 2.31. The van der Waals surface area contributed by atoms with E-state index in [1.807, 2.05) is 0 Å². The number of hydrogen-bond donors (Lipinski definition) is 2. The van der Waals surface area contributed by atoms with Crippen LogP contribution in [-0.2, 0) is 32.6 Å². The lowest BCUT2D eigenvalue weighted by Crippen LogP contribution is -2.58. The van der Waals surface area contributed by atoms with Crippen molar-refractivity contribution in [1.82, 2.24) is 19.8 Å². The van der Waals surface area contributed by atoms with Gasteiger partial charge in [-0.2, -0.15) is 4.31 Å². The molecule has 8 nitrogen and oxygen atoms in total. The Morgan fingerprint density at radius 2 is 1.79 bits per heavy atom. The predicted molar refractivity (Wildman–Crippen MR) is 146 cm³/mol. The van der Waals surface area contributed by atoms with Gasteiger partial charge < -0.3 is 10.6 Å². The zero-order chi connectivity index (χ0) is 26.7. The van der Waals surface area contributed by atoms with Crippen molar-refractivity contribution in [2.75, 3.05) is 26.2 Å². The number of carbonyl (C=O) groups is 2. The van der Waals surface area contributed by atoms with Crippen molar-refractivity contribution < 1.29 is 18.0 Å². The molecule has 0 bridgehead atoms. The van der Waals surface area contributed by atoms with Gasteiger partial charge in [0.2, 0.25) is 21.8 Å². The van der Waals surface area contributed by atoms with Crippen molar-refractivity contribution in [3.8, 4) is 0 Å². The zero-order valence-corrected chi connectivity index (χ0v) is 23.1. The minimum atomic E-state index is -3.98. The molecule has 3 aliphatic rings. The molecule has 2 aromatic carbocycles. The Kier molecular flexibility index (Phi) is 8.38. The fourth-order valence-electron chi connectivity index (χ4n) is 5.84. The Morgan fingerprint density at radius 3 is 2.55 bits per heavy atom. The summed E-state index contributed by atoms with van der Waals surface area (Å²) in [4.78, 5) is 28.5. The predicted octanol–water partition coefficient (Wildman–Crippen LogP) is 3.40. The maximum atomic E-state index is 13.3. The van der Waals surface area contributed by atoms with Crippen LogP contribution in [0.2, 0.25) is 5.02 Å². The van der Waals surface area contributed by atoms with Gasteiger partial charge in [-0.25, -0.2) is 8.42 Å². The third kappa shape index (κ3) is 6.06. The van der Waals surface area contributed by atoms with Crippen LogP contribution in [0.5, 0.6) is 0 Å². The Bertz CT molecular complexity index is 1280. The molecule has 2 amide bonds. The molecule has 1 aliphatic carbocycles. The highest BCUT2D eigenvalue weighted by Gasteiger charge is 2.40. The average Bonchev–Trinajstić information content (AvgIpc) is 2.90. The molecule has 2 atom stereocenters. The first kappa shape index (κ1) is 27.1. The Hall–Kier alpha value is -2.46. The van der Waals surface area contributed by atoms with Gasteiger partial charge in [0.25, 0.3) is 0 Å². The molecule has 2 N–H and O–H groups in total. The van der Waals surface area contributed by atoms with Gasteiger partial charge in [-0.15, -0.1) is 0 Å². The number of hydrogen-bond acceptors (Lipinski definition) is 5. The Morgan fingerprint density at radius 1 is 1.03 bits per heavy atom. The number of piperazine rings is 1. The van der Waals surface area contributed by atoms with E-state index in [2.05, 4.69) is 33.7 Å². The second-order valence-electron chi connectivity index (χ2n) is 10.5. The molecule has 0 radical (unpaired) electrons. The van der Waals surface area contributed by atoms with Crippen LogP contribution in [0, 0.1) is 0 Å². The van der Waals surface area contributed by atoms with E-state index in [1.54, 1.807) is 0 Å². The van der Waals surface area contributed by atoms with Crippen molar-refractivity contribution in [2.24, 2.45) is 0 Å². The largest absolute Gasteiger partial charge is 0.353 e. The SMILES string of the molecule is O=C(C[C@@H]1C(=O)NCCN1S(=O)(=O)c1ccc(Cl)cc1)N[C@@H]1CCCc2cc(CN3CCCCC3)ccc21. The first-order valence-corrected chi connectivity index (χ1v) is 15.3. The van der Waals surface area contributed by atoms with Crippen LogP contribution in [0.15, 0.2) is 47.4 Å². The van der Waals surface area contributed by atoms with Gasteiger partial charge in [-0.3, -0.25) is 14.5 Å². The Labute approximate surface area is 229 Å². The van der Waals surface area contributed by atoms with Gasteiger partial charge in [0.15, 0.2) is 0 Å². The summed E-state index contributed by atoms with van der Waals surface area (Å²) in [5, 5.41) is 6.22. The van der Waals surface area contributed by atoms with Gasteiger partial charge in [-0.05, 0) is 86.1 Å². The van der Waals surface area contributed by atoms with E-state index < -0.39 is 22.0 Å². The van der Waals surface area contributed by atoms with E-state index in [1.165, 1.54) is 54.7 Å². The van der Waals surface area contributed by atoms with Crippen molar-refractivity contribution >= 4 is 33.4 Å². The molecule has 0 spiro atoms. The molecule has 2 aromatic rings. The van der Waals surface area contributed by atoms with Crippen LogP contribution in [-0.4, -0.2) is 61.7 Å². The molecule has 5 rings (SSSR count). The summed E-state index contributed by atoms with van der Waals surface area (Å²) in [6.45, 7) is 3.55. The summed E-state index contributed by atoms with van der Waals surface area (Å²) >= 11 is 5.92.